The molecule has 0 aliphatic heterocycles. The van der Waals surface area contributed by atoms with E-state index in [9.17, 15) is 9.59 Å². The quantitative estimate of drug-likeness (QED) is 0.871. The summed E-state index contributed by atoms with van der Waals surface area (Å²) in [5.41, 5.74) is 4.62. The molecule has 23 heavy (non-hydrogen) atoms. The number of hydrogen-bond acceptors (Lipinski definition) is 3. The van der Waals surface area contributed by atoms with Gasteiger partial charge in [-0.15, -0.1) is 0 Å². The average molecular weight is 330 g/mol. The fraction of sp³-hybridized carbons (Fsp3) is 0.222. The molecule has 0 spiro atoms. The first-order valence-corrected chi connectivity index (χ1v) is 7.76. The van der Waals surface area contributed by atoms with E-state index < -0.39 is 17.4 Å². The third-order valence-electron chi connectivity index (χ3n) is 4.02. The van der Waals surface area contributed by atoms with Crippen LogP contribution in [0.15, 0.2) is 48.5 Å². The Morgan fingerprint density at radius 3 is 2.13 bits per heavy atom. The van der Waals surface area contributed by atoms with Crippen LogP contribution in [0.2, 0.25) is 0 Å². The molecule has 2 aromatic carbocycles. The van der Waals surface area contributed by atoms with Crippen molar-refractivity contribution >= 4 is 22.9 Å². The predicted octanol–water partition coefficient (Wildman–Crippen LogP) is 3.68. The van der Waals surface area contributed by atoms with Crippen LogP contribution in [0.25, 0.3) is 11.1 Å². The molecule has 1 amide bonds. The van der Waals surface area contributed by atoms with Crippen LogP contribution >= 0.6 is 11.6 Å². The highest BCUT2D eigenvalue weighted by Crippen LogP contribution is 2.44. The van der Waals surface area contributed by atoms with Gasteiger partial charge in [0, 0.05) is 5.92 Å². The van der Waals surface area contributed by atoms with E-state index in [-0.39, 0.29) is 12.5 Å². The number of ether oxygens (including phenoxy) is 1. The number of carbonyl (C=O) groups excluding carboxylic acids is 2. The first-order valence-electron chi connectivity index (χ1n) is 7.39. The minimum Gasteiger partial charge on any atom is -0.449 e. The average Bonchev–Trinajstić information content (AvgIpc) is 2.87. The van der Waals surface area contributed by atoms with Gasteiger partial charge in [-0.25, -0.2) is 4.79 Å². The molecule has 1 unspecified atom stereocenters. The highest BCUT2D eigenvalue weighted by atomic mass is 35.5. The summed E-state index contributed by atoms with van der Waals surface area (Å²) < 4.78 is 5.30. The van der Waals surface area contributed by atoms with Crippen LogP contribution < -0.4 is 5.32 Å². The molecule has 1 aliphatic carbocycles. The first-order chi connectivity index (χ1) is 11.1. The molecule has 4 nitrogen and oxygen atoms in total. The summed E-state index contributed by atoms with van der Waals surface area (Å²) in [6.45, 7) is 1.72. The van der Waals surface area contributed by atoms with E-state index in [1.165, 1.54) is 18.1 Å². The van der Waals surface area contributed by atoms with Crippen molar-refractivity contribution in [2.75, 3.05) is 6.61 Å². The van der Waals surface area contributed by atoms with Gasteiger partial charge >= 0.3 is 6.09 Å². The van der Waals surface area contributed by atoms with E-state index in [0.29, 0.717) is 0 Å². The van der Waals surface area contributed by atoms with E-state index >= 15 is 0 Å². The van der Waals surface area contributed by atoms with Crippen LogP contribution in [-0.4, -0.2) is 24.0 Å². The Hall–Kier alpha value is -2.33. The Morgan fingerprint density at radius 1 is 1.09 bits per heavy atom. The van der Waals surface area contributed by atoms with Crippen LogP contribution in [0.1, 0.15) is 24.0 Å². The molecule has 0 saturated heterocycles. The van der Waals surface area contributed by atoms with Crippen LogP contribution in [0.4, 0.5) is 4.79 Å². The van der Waals surface area contributed by atoms with Gasteiger partial charge in [-0.1, -0.05) is 48.5 Å². The van der Waals surface area contributed by atoms with E-state index in [0.717, 1.165) is 11.1 Å². The number of alkyl carbamates (subject to hydrolysis) is 1. The SMILES string of the molecule is CC(NC(=O)OCC1c2ccccc2-c2ccccc21)C(=O)Cl. The van der Waals surface area contributed by atoms with Crippen molar-refractivity contribution in [1.82, 2.24) is 5.32 Å². The number of benzene rings is 2. The molecule has 2 aromatic rings. The van der Waals surface area contributed by atoms with Crippen molar-refractivity contribution in [3.63, 3.8) is 0 Å². The van der Waals surface area contributed by atoms with Crippen LogP contribution in [-0.2, 0) is 9.53 Å². The maximum Gasteiger partial charge on any atom is 0.407 e. The van der Waals surface area contributed by atoms with Crippen molar-refractivity contribution < 1.29 is 14.3 Å². The Bertz CT molecular complexity index is 714. The zero-order valence-corrected chi connectivity index (χ0v) is 13.3. The minimum absolute atomic E-state index is 0.00448. The van der Waals surface area contributed by atoms with Crippen LogP contribution in [0.5, 0.6) is 0 Å². The highest BCUT2D eigenvalue weighted by molar-refractivity contribution is 6.64. The van der Waals surface area contributed by atoms with Gasteiger partial charge in [0.25, 0.3) is 0 Å². The lowest BCUT2D eigenvalue weighted by atomic mass is 9.98. The van der Waals surface area contributed by atoms with Gasteiger partial charge in [-0.3, -0.25) is 4.79 Å². The fourth-order valence-electron chi connectivity index (χ4n) is 2.87. The largest absolute Gasteiger partial charge is 0.449 e. The summed E-state index contributed by atoms with van der Waals surface area (Å²) >= 11 is 5.32. The lowest BCUT2D eigenvalue weighted by molar-refractivity contribution is -0.113. The molecule has 1 N–H and O–H groups in total. The van der Waals surface area contributed by atoms with Gasteiger partial charge in [0.2, 0.25) is 5.24 Å². The topological polar surface area (TPSA) is 55.4 Å². The van der Waals surface area contributed by atoms with Gasteiger partial charge in [-0.05, 0) is 40.8 Å². The maximum atomic E-state index is 11.8. The smallest absolute Gasteiger partial charge is 0.407 e. The van der Waals surface area contributed by atoms with Crippen molar-refractivity contribution in [1.29, 1.82) is 0 Å². The third kappa shape index (κ3) is 3.08. The molecule has 118 valence electrons. The fourth-order valence-corrected chi connectivity index (χ4v) is 2.93. The number of halogens is 1. The van der Waals surface area contributed by atoms with Crippen molar-refractivity contribution in [3.05, 3.63) is 59.7 Å². The van der Waals surface area contributed by atoms with Crippen molar-refractivity contribution in [2.24, 2.45) is 0 Å². The van der Waals surface area contributed by atoms with Gasteiger partial charge in [0.15, 0.2) is 0 Å². The Morgan fingerprint density at radius 2 is 1.61 bits per heavy atom. The second-order valence-electron chi connectivity index (χ2n) is 5.50. The molecule has 0 saturated carbocycles. The minimum atomic E-state index is -0.771. The Labute approximate surface area is 139 Å². The number of fused-ring (bicyclic) bond motifs is 3. The Kier molecular flexibility index (Phi) is 4.35. The van der Waals surface area contributed by atoms with E-state index in [2.05, 4.69) is 17.4 Å². The first kappa shape index (κ1) is 15.6. The summed E-state index contributed by atoms with van der Waals surface area (Å²) in [7, 11) is 0. The van der Waals surface area contributed by atoms with Crippen LogP contribution in [0.3, 0.4) is 0 Å². The van der Waals surface area contributed by atoms with E-state index in [4.69, 9.17) is 16.3 Å². The number of hydrogen-bond donors (Lipinski definition) is 1. The summed E-state index contributed by atoms with van der Waals surface area (Å²) in [6, 6.07) is 15.4. The van der Waals surface area contributed by atoms with Crippen LogP contribution in [0, 0.1) is 0 Å². The molecule has 0 heterocycles. The lowest BCUT2D eigenvalue weighted by Gasteiger charge is -2.15. The third-order valence-corrected chi connectivity index (χ3v) is 4.35. The lowest BCUT2D eigenvalue weighted by Crippen LogP contribution is -2.37. The van der Waals surface area contributed by atoms with Gasteiger partial charge in [-0.2, -0.15) is 0 Å². The number of amides is 1. The molecular weight excluding hydrogens is 314 g/mol. The molecule has 3 rings (SSSR count). The van der Waals surface area contributed by atoms with E-state index in [1.807, 2.05) is 36.4 Å². The second kappa shape index (κ2) is 6.42. The van der Waals surface area contributed by atoms with Gasteiger partial charge < -0.3 is 10.1 Å². The number of nitrogens with one attached hydrogen (secondary N) is 1. The second-order valence-corrected chi connectivity index (χ2v) is 5.87. The zero-order chi connectivity index (χ0) is 16.4. The molecular formula is C18H16ClNO3. The number of rotatable bonds is 4. The molecule has 0 fully saturated rings. The van der Waals surface area contributed by atoms with Gasteiger partial charge in [0.1, 0.15) is 12.6 Å². The highest BCUT2D eigenvalue weighted by Gasteiger charge is 2.29. The molecule has 1 atom stereocenters. The maximum absolute atomic E-state index is 11.8. The molecule has 0 bridgehead atoms. The molecule has 1 aliphatic rings. The van der Waals surface area contributed by atoms with E-state index in [1.54, 1.807) is 0 Å². The standard InChI is InChI=1S/C18H16ClNO3/c1-11(17(19)21)20-18(22)23-10-16-14-8-4-2-6-12(14)13-7-3-5-9-15(13)16/h2-9,11,16H,10H2,1H3,(H,20,22). The normalized spacial score (nSPS) is 13.8. The molecule has 5 heteroatoms. The van der Waals surface area contributed by atoms with Crippen molar-refractivity contribution in [2.45, 2.75) is 18.9 Å². The summed E-state index contributed by atoms with van der Waals surface area (Å²) in [4.78, 5) is 22.8. The summed E-state index contributed by atoms with van der Waals surface area (Å²) in [5.74, 6) is -0.00448. The Balaban J connectivity index is 1.76. The zero-order valence-electron chi connectivity index (χ0n) is 12.6. The molecule has 0 radical (unpaired) electrons. The number of carbonyl (C=O) groups is 2. The summed E-state index contributed by atoms with van der Waals surface area (Å²) in [6.07, 6.45) is -0.645. The van der Waals surface area contributed by atoms with Crippen molar-refractivity contribution in [3.8, 4) is 11.1 Å². The summed E-state index contributed by atoms with van der Waals surface area (Å²) in [5, 5.41) is 1.78. The monoisotopic (exact) mass is 329 g/mol. The molecule has 0 aromatic heterocycles. The predicted molar refractivity (Wildman–Crippen MR) is 88.5 cm³/mol. The van der Waals surface area contributed by atoms with Gasteiger partial charge in [0.05, 0.1) is 0 Å².